The lowest BCUT2D eigenvalue weighted by molar-refractivity contribution is -0.394. The van der Waals surface area contributed by atoms with Crippen molar-refractivity contribution in [3.8, 4) is 0 Å². The van der Waals surface area contributed by atoms with E-state index in [9.17, 15) is 29.8 Å². The number of nitro benzene ring substituents is 2. The minimum absolute atomic E-state index is 0.199. The molecule has 0 atom stereocenters. The van der Waals surface area contributed by atoms with Crippen LogP contribution in [0.3, 0.4) is 0 Å². The minimum atomic E-state index is -1.87. The second kappa shape index (κ2) is 5.73. The number of benzene rings is 1. The van der Waals surface area contributed by atoms with Gasteiger partial charge in [-0.25, -0.2) is 0 Å². The highest BCUT2D eigenvalue weighted by molar-refractivity contribution is 5.93. The Balaban J connectivity index is 3.24. The van der Waals surface area contributed by atoms with Gasteiger partial charge in [0.05, 0.1) is 15.9 Å². The van der Waals surface area contributed by atoms with Crippen molar-refractivity contribution in [2.45, 2.75) is 6.42 Å². The van der Waals surface area contributed by atoms with Crippen molar-refractivity contribution >= 4 is 23.3 Å². The molecule has 0 aromatic heterocycles. The zero-order valence-electron chi connectivity index (χ0n) is 9.75. The maximum absolute atomic E-state index is 10.8. The Hall–Kier alpha value is -3.04. The normalized spacial score (nSPS) is 10.2. The largest absolute Gasteiger partial charge is 0.481 e. The Morgan fingerprint density at radius 1 is 1.10 bits per heavy atom. The monoisotopic (exact) mass is 284 g/mol. The van der Waals surface area contributed by atoms with Crippen LogP contribution in [0, 0.1) is 26.1 Å². The molecule has 10 nitrogen and oxygen atoms in total. The molecule has 0 saturated carbocycles. The van der Waals surface area contributed by atoms with Crippen LogP contribution >= 0.6 is 0 Å². The quantitative estimate of drug-likeness (QED) is 0.441. The molecule has 0 spiro atoms. The Labute approximate surface area is 110 Å². The molecule has 2 N–H and O–H groups in total. The average Bonchev–Trinajstić information content (AvgIpc) is 2.34. The molecule has 0 fully saturated rings. The number of nitrogens with zero attached hydrogens (tertiary/aromatic N) is 2. The third kappa shape index (κ3) is 3.25. The van der Waals surface area contributed by atoms with Crippen molar-refractivity contribution in [3.05, 3.63) is 44.0 Å². The number of carboxylic acid groups (broad SMARTS) is 2. The van der Waals surface area contributed by atoms with Crippen LogP contribution in [0.2, 0.25) is 0 Å². The first-order chi connectivity index (χ1) is 9.23. The predicted molar refractivity (Wildman–Crippen MR) is 62.2 cm³/mol. The van der Waals surface area contributed by atoms with Gasteiger partial charge in [0.2, 0.25) is 0 Å². The van der Waals surface area contributed by atoms with Crippen LogP contribution in [0.25, 0.3) is 0 Å². The molecule has 0 heterocycles. The van der Waals surface area contributed by atoms with E-state index in [2.05, 4.69) is 0 Å². The lowest BCUT2D eigenvalue weighted by Crippen LogP contribution is -2.25. The third-order valence-electron chi connectivity index (χ3n) is 2.50. The van der Waals surface area contributed by atoms with Crippen LogP contribution in [0.1, 0.15) is 5.56 Å². The van der Waals surface area contributed by atoms with Gasteiger partial charge in [-0.1, -0.05) is 0 Å². The summed E-state index contributed by atoms with van der Waals surface area (Å²) in [5.74, 6) is -5.16. The summed E-state index contributed by atoms with van der Waals surface area (Å²) in [6.45, 7) is 0. The summed E-state index contributed by atoms with van der Waals surface area (Å²) in [6.07, 6.45) is -0.640. The molecule has 0 bridgehead atoms. The number of rotatable bonds is 6. The van der Waals surface area contributed by atoms with Crippen molar-refractivity contribution < 1.29 is 29.6 Å². The Bertz CT molecular complexity index is 583. The molecule has 0 aliphatic carbocycles. The van der Waals surface area contributed by atoms with Gasteiger partial charge >= 0.3 is 11.9 Å². The number of carbonyl (C=O) groups is 2. The summed E-state index contributed by atoms with van der Waals surface area (Å²) in [6, 6.07) is 2.59. The molecule has 0 aliphatic heterocycles. The topological polar surface area (TPSA) is 161 Å². The van der Waals surface area contributed by atoms with E-state index in [1.54, 1.807) is 0 Å². The second-order valence-corrected chi connectivity index (χ2v) is 3.76. The van der Waals surface area contributed by atoms with Gasteiger partial charge < -0.3 is 10.2 Å². The fourth-order valence-corrected chi connectivity index (χ4v) is 1.51. The molecule has 0 aliphatic rings. The molecule has 106 valence electrons. The van der Waals surface area contributed by atoms with E-state index in [1.165, 1.54) is 0 Å². The molecule has 20 heavy (non-hydrogen) atoms. The third-order valence-corrected chi connectivity index (χ3v) is 2.50. The van der Waals surface area contributed by atoms with Crippen LogP contribution in [0.5, 0.6) is 0 Å². The van der Waals surface area contributed by atoms with Gasteiger partial charge in [-0.3, -0.25) is 29.8 Å². The van der Waals surface area contributed by atoms with E-state index in [4.69, 9.17) is 10.2 Å². The first kappa shape index (κ1) is 15.0. The average molecular weight is 284 g/mol. The number of hydrogen-bond donors (Lipinski definition) is 2. The van der Waals surface area contributed by atoms with Crippen molar-refractivity contribution in [1.29, 1.82) is 0 Å². The molecular formula is C10H8N2O8. The summed E-state index contributed by atoms with van der Waals surface area (Å²) in [5, 5.41) is 38.8. The fourth-order valence-electron chi connectivity index (χ4n) is 1.51. The molecule has 0 unspecified atom stereocenters. The first-order valence-corrected chi connectivity index (χ1v) is 5.11. The minimum Gasteiger partial charge on any atom is -0.481 e. The first-order valence-electron chi connectivity index (χ1n) is 5.11. The van der Waals surface area contributed by atoms with Gasteiger partial charge in [-0.05, 0) is 6.07 Å². The summed E-state index contributed by atoms with van der Waals surface area (Å²) in [5.41, 5.74) is -1.43. The molecule has 0 radical (unpaired) electrons. The maximum Gasteiger partial charge on any atom is 0.318 e. The SMILES string of the molecule is O=C(O)C(Cc1ccc([N+](=O)[O-])cc1[N+](=O)[O-])C(=O)O. The van der Waals surface area contributed by atoms with Crippen LogP contribution in [0.15, 0.2) is 18.2 Å². The number of hydrogen-bond acceptors (Lipinski definition) is 6. The van der Waals surface area contributed by atoms with Gasteiger partial charge in [0.1, 0.15) is 0 Å². The van der Waals surface area contributed by atoms with E-state index in [-0.39, 0.29) is 5.56 Å². The Morgan fingerprint density at radius 3 is 2.05 bits per heavy atom. The van der Waals surface area contributed by atoms with Crippen LogP contribution < -0.4 is 0 Å². The molecule has 10 heteroatoms. The lowest BCUT2D eigenvalue weighted by Gasteiger charge is -2.07. The van der Waals surface area contributed by atoms with Crippen molar-refractivity contribution in [2.75, 3.05) is 0 Å². The van der Waals surface area contributed by atoms with Gasteiger partial charge in [0.25, 0.3) is 11.4 Å². The van der Waals surface area contributed by atoms with Crippen molar-refractivity contribution in [1.82, 2.24) is 0 Å². The molecular weight excluding hydrogens is 276 g/mol. The molecule has 1 aromatic rings. The van der Waals surface area contributed by atoms with Gasteiger partial charge in [-0.2, -0.15) is 0 Å². The van der Waals surface area contributed by atoms with E-state index >= 15 is 0 Å². The number of non-ortho nitro benzene ring substituents is 1. The summed E-state index contributed by atoms with van der Waals surface area (Å²) in [4.78, 5) is 41.0. The van der Waals surface area contributed by atoms with Crippen molar-refractivity contribution in [2.24, 2.45) is 5.92 Å². The van der Waals surface area contributed by atoms with E-state index in [0.717, 1.165) is 12.1 Å². The van der Waals surface area contributed by atoms with Crippen molar-refractivity contribution in [3.63, 3.8) is 0 Å². The van der Waals surface area contributed by atoms with Gasteiger partial charge in [0, 0.05) is 18.1 Å². The highest BCUT2D eigenvalue weighted by atomic mass is 16.6. The zero-order valence-corrected chi connectivity index (χ0v) is 9.75. The van der Waals surface area contributed by atoms with Crippen LogP contribution in [-0.2, 0) is 16.0 Å². The zero-order chi connectivity index (χ0) is 15.4. The fraction of sp³-hybridized carbons (Fsp3) is 0.200. The summed E-state index contributed by atoms with van der Waals surface area (Å²) in [7, 11) is 0. The highest BCUT2D eigenvalue weighted by Gasteiger charge is 2.30. The summed E-state index contributed by atoms with van der Waals surface area (Å²) >= 11 is 0. The molecule has 0 amide bonds. The predicted octanol–water partition coefficient (Wildman–Crippen LogP) is 0.831. The number of carboxylic acids is 2. The summed E-state index contributed by atoms with van der Waals surface area (Å²) < 4.78 is 0. The molecule has 1 rings (SSSR count). The number of nitro groups is 2. The molecule has 0 saturated heterocycles. The van der Waals surface area contributed by atoms with Gasteiger partial charge in [0.15, 0.2) is 5.92 Å². The smallest absolute Gasteiger partial charge is 0.318 e. The van der Waals surface area contributed by atoms with E-state index in [1.807, 2.05) is 0 Å². The van der Waals surface area contributed by atoms with E-state index in [0.29, 0.717) is 6.07 Å². The van der Waals surface area contributed by atoms with Crippen LogP contribution in [0.4, 0.5) is 11.4 Å². The molecule has 1 aromatic carbocycles. The van der Waals surface area contributed by atoms with Gasteiger partial charge in [-0.15, -0.1) is 0 Å². The second-order valence-electron chi connectivity index (χ2n) is 3.76. The Kier molecular flexibility index (Phi) is 4.31. The van der Waals surface area contributed by atoms with E-state index < -0.39 is 45.5 Å². The highest BCUT2D eigenvalue weighted by Crippen LogP contribution is 2.26. The lowest BCUT2D eigenvalue weighted by atomic mass is 9.98. The number of aliphatic carboxylic acids is 2. The van der Waals surface area contributed by atoms with Crippen LogP contribution in [-0.4, -0.2) is 32.0 Å². The Morgan fingerprint density at radius 2 is 1.65 bits per heavy atom. The maximum atomic E-state index is 10.8. The standard InChI is InChI=1S/C10H8N2O8/c13-9(14)7(10(15)16)3-5-1-2-6(11(17)18)4-8(5)12(19)20/h1-2,4,7H,3H2,(H,13,14)(H,15,16).